The molecule has 2 aromatic carbocycles. The lowest BCUT2D eigenvalue weighted by molar-refractivity contribution is 0.124. The number of benzene rings is 2. The van der Waals surface area contributed by atoms with E-state index in [9.17, 15) is 9.65 Å². The van der Waals surface area contributed by atoms with Crippen LogP contribution in [0.2, 0.25) is 0 Å². The van der Waals surface area contributed by atoms with Crippen molar-refractivity contribution < 1.29 is 13.9 Å². The summed E-state index contributed by atoms with van der Waals surface area (Å²) < 4.78 is 24.3. The number of rotatable bonds is 20. The van der Waals surface area contributed by atoms with Crippen molar-refractivity contribution in [2.45, 2.75) is 102 Å². The van der Waals surface area contributed by atoms with Crippen LogP contribution in [0.4, 0.5) is 4.39 Å². The van der Waals surface area contributed by atoms with Crippen LogP contribution in [0.25, 0.3) is 0 Å². The minimum atomic E-state index is -0.524. The highest BCUT2D eigenvalue weighted by Crippen LogP contribution is 2.39. The molecule has 3 rings (SSSR count). The third-order valence-corrected chi connectivity index (χ3v) is 8.97. The average Bonchev–Trinajstić information content (AvgIpc) is 3.02. The van der Waals surface area contributed by atoms with E-state index in [-0.39, 0.29) is 18.2 Å². The normalized spacial score (nSPS) is 15.3. The number of unbranched alkanes of at least 4 members (excludes halogenated alkanes) is 9. The zero-order valence-electron chi connectivity index (χ0n) is 26.9. The minimum absolute atomic E-state index is 0. The van der Waals surface area contributed by atoms with E-state index in [2.05, 4.69) is 28.9 Å². The molecule has 43 heavy (non-hydrogen) atoms. The lowest BCUT2D eigenvalue weighted by atomic mass is 9.74. The average molecular weight is 616 g/mol. The maximum Gasteiger partial charge on any atom is 0.161 e. The summed E-state index contributed by atoms with van der Waals surface area (Å²) >= 11 is 0. The van der Waals surface area contributed by atoms with Crippen molar-refractivity contribution in [1.82, 2.24) is 9.80 Å². The molecule has 1 atom stereocenters. The second-order valence-electron chi connectivity index (χ2n) is 12.0. The van der Waals surface area contributed by atoms with Crippen molar-refractivity contribution in [1.29, 1.82) is 5.26 Å². The Kier molecular flexibility index (Phi) is 17.7. The fraction of sp³-hybridized carbons (Fsp3) is 0.639. The molecule has 1 unspecified atom stereocenters. The van der Waals surface area contributed by atoms with Crippen LogP contribution in [0.3, 0.4) is 0 Å². The molecule has 2 aromatic rings. The number of methoxy groups -OCH3 is 2. The van der Waals surface area contributed by atoms with Crippen molar-refractivity contribution in [3.63, 3.8) is 0 Å². The number of hydrogen-bond donors (Lipinski definition) is 0. The van der Waals surface area contributed by atoms with Gasteiger partial charge in [0.15, 0.2) is 11.5 Å². The summed E-state index contributed by atoms with van der Waals surface area (Å²) in [7, 11) is 3.31. The van der Waals surface area contributed by atoms with E-state index in [1.807, 2.05) is 24.3 Å². The van der Waals surface area contributed by atoms with E-state index < -0.39 is 5.41 Å². The van der Waals surface area contributed by atoms with Gasteiger partial charge in [0.1, 0.15) is 5.82 Å². The Labute approximate surface area is 267 Å². The molecule has 7 heteroatoms. The Hall–Kier alpha value is -2.33. The van der Waals surface area contributed by atoms with Gasteiger partial charge < -0.3 is 14.4 Å². The SMILES string of the molecule is CCCCCCCCCCCCC(C#N)(CCCN1CCN(Cc2ccc(F)cc2)CC1)c1ccc(OC)c(OC)c1.Cl. The number of nitrogens with zero attached hydrogens (tertiary/aromatic N) is 3. The van der Waals surface area contributed by atoms with Gasteiger partial charge in [-0.15, -0.1) is 12.4 Å². The summed E-state index contributed by atoms with van der Waals surface area (Å²) in [6.07, 6.45) is 15.6. The van der Waals surface area contributed by atoms with E-state index in [0.717, 1.165) is 76.1 Å². The Bertz CT molecular complexity index is 1070. The lowest BCUT2D eigenvalue weighted by Crippen LogP contribution is -2.46. The Morgan fingerprint density at radius 1 is 0.744 bits per heavy atom. The summed E-state index contributed by atoms with van der Waals surface area (Å²) in [5.74, 6) is 1.21. The number of halogens is 2. The molecule has 1 heterocycles. The Balaban J connectivity index is 0.00000645. The predicted octanol–water partition coefficient (Wildman–Crippen LogP) is 8.94. The minimum Gasteiger partial charge on any atom is -0.493 e. The summed E-state index contributed by atoms with van der Waals surface area (Å²) in [6, 6.07) is 15.7. The second-order valence-corrected chi connectivity index (χ2v) is 12.0. The van der Waals surface area contributed by atoms with Crippen molar-refractivity contribution in [3.8, 4) is 17.6 Å². The monoisotopic (exact) mass is 615 g/mol. The largest absolute Gasteiger partial charge is 0.493 e. The van der Waals surface area contributed by atoms with Crippen molar-refractivity contribution >= 4 is 12.4 Å². The molecule has 0 saturated carbocycles. The topological polar surface area (TPSA) is 48.7 Å². The van der Waals surface area contributed by atoms with Crippen LogP contribution in [0, 0.1) is 17.1 Å². The van der Waals surface area contributed by atoms with Gasteiger partial charge in [0, 0.05) is 32.7 Å². The molecule has 0 N–H and O–H groups in total. The first-order valence-electron chi connectivity index (χ1n) is 16.4. The van der Waals surface area contributed by atoms with E-state index in [4.69, 9.17) is 9.47 Å². The van der Waals surface area contributed by atoms with Gasteiger partial charge in [0.05, 0.1) is 25.7 Å². The van der Waals surface area contributed by atoms with Crippen molar-refractivity contribution in [3.05, 3.63) is 59.4 Å². The summed E-state index contributed by atoms with van der Waals surface area (Å²) in [4.78, 5) is 4.97. The highest BCUT2D eigenvalue weighted by atomic mass is 35.5. The van der Waals surface area contributed by atoms with Gasteiger partial charge in [-0.3, -0.25) is 4.90 Å². The molecular formula is C36H55ClFN3O2. The maximum atomic E-state index is 13.2. The zero-order valence-corrected chi connectivity index (χ0v) is 27.7. The fourth-order valence-corrected chi connectivity index (χ4v) is 6.26. The van der Waals surface area contributed by atoms with Crippen molar-refractivity contribution in [2.75, 3.05) is 46.9 Å². The molecule has 240 valence electrons. The van der Waals surface area contributed by atoms with Crippen molar-refractivity contribution in [2.24, 2.45) is 0 Å². The van der Waals surface area contributed by atoms with Crippen LogP contribution in [0.5, 0.6) is 11.5 Å². The smallest absolute Gasteiger partial charge is 0.161 e. The number of ether oxygens (including phenoxy) is 2. The molecule has 1 aliphatic rings. The van der Waals surface area contributed by atoms with Crippen LogP contribution in [0.15, 0.2) is 42.5 Å². The highest BCUT2D eigenvalue weighted by molar-refractivity contribution is 5.85. The Morgan fingerprint density at radius 3 is 1.88 bits per heavy atom. The van der Waals surface area contributed by atoms with Gasteiger partial charge in [-0.05, 0) is 61.2 Å². The van der Waals surface area contributed by atoms with Gasteiger partial charge in [-0.25, -0.2) is 4.39 Å². The highest BCUT2D eigenvalue weighted by Gasteiger charge is 2.33. The Morgan fingerprint density at radius 2 is 1.30 bits per heavy atom. The quantitative estimate of drug-likeness (QED) is 0.139. The van der Waals surface area contributed by atoms with E-state index in [1.165, 1.54) is 57.8 Å². The molecular weight excluding hydrogens is 561 g/mol. The van der Waals surface area contributed by atoms with E-state index >= 15 is 0 Å². The first-order valence-corrected chi connectivity index (χ1v) is 16.4. The number of hydrogen-bond acceptors (Lipinski definition) is 5. The summed E-state index contributed by atoms with van der Waals surface area (Å²) in [5.41, 5.74) is 1.68. The van der Waals surface area contributed by atoms with Crippen LogP contribution >= 0.6 is 12.4 Å². The molecule has 0 bridgehead atoms. The molecule has 0 aromatic heterocycles. The van der Waals surface area contributed by atoms with E-state index in [1.54, 1.807) is 26.4 Å². The van der Waals surface area contributed by atoms with Gasteiger partial charge in [-0.1, -0.05) is 89.3 Å². The molecule has 1 aliphatic heterocycles. The zero-order chi connectivity index (χ0) is 30.0. The summed E-state index contributed by atoms with van der Waals surface area (Å²) in [6.45, 7) is 8.20. The first kappa shape index (κ1) is 36.9. The van der Waals surface area contributed by atoms with Crippen LogP contribution in [-0.2, 0) is 12.0 Å². The van der Waals surface area contributed by atoms with Gasteiger partial charge >= 0.3 is 0 Å². The molecule has 1 fully saturated rings. The molecule has 0 spiro atoms. The first-order chi connectivity index (χ1) is 20.5. The van der Waals surface area contributed by atoms with Gasteiger partial charge in [0.2, 0.25) is 0 Å². The molecule has 0 amide bonds. The third kappa shape index (κ3) is 12.3. The maximum absolute atomic E-state index is 13.2. The number of piperazine rings is 1. The molecule has 0 radical (unpaired) electrons. The van der Waals surface area contributed by atoms with Crippen LogP contribution < -0.4 is 9.47 Å². The predicted molar refractivity (Wildman–Crippen MR) is 178 cm³/mol. The van der Waals surface area contributed by atoms with Gasteiger partial charge in [0.25, 0.3) is 0 Å². The van der Waals surface area contributed by atoms with E-state index in [0.29, 0.717) is 11.5 Å². The number of nitriles is 1. The second kappa shape index (κ2) is 20.6. The molecule has 1 saturated heterocycles. The van der Waals surface area contributed by atoms with Crippen LogP contribution in [-0.4, -0.2) is 56.7 Å². The fourth-order valence-electron chi connectivity index (χ4n) is 6.26. The molecule has 5 nitrogen and oxygen atoms in total. The summed E-state index contributed by atoms with van der Waals surface area (Å²) in [5, 5.41) is 10.6. The van der Waals surface area contributed by atoms with Gasteiger partial charge in [-0.2, -0.15) is 5.26 Å². The third-order valence-electron chi connectivity index (χ3n) is 8.97. The lowest BCUT2D eigenvalue weighted by Gasteiger charge is -2.35. The van der Waals surface area contributed by atoms with Crippen LogP contribution in [0.1, 0.15) is 102 Å². The molecule has 0 aliphatic carbocycles. The standard InChI is InChI=1S/C36H54FN3O2.ClH/c1-4-5-6-7-8-9-10-11-12-13-21-36(30-38,32-17-20-34(41-2)35(28-32)42-3)22-14-23-39-24-26-40(27-25-39)29-31-15-18-33(37)19-16-31;/h15-20,28H,4-14,21-27,29H2,1-3H3;1H.